The number of likely N-dealkylation sites (N-methyl/N-ethyl adjacent to an activating group) is 2. The second kappa shape index (κ2) is 8.13. The van der Waals surface area contributed by atoms with Gasteiger partial charge in [-0.15, -0.1) is 0 Å². The van der Waals surface area contributed by atoms with E-state index in [0.29, 0.717) is 12.1 Å². The van der Waals surface area contributed by atoms with E-state index in [1.165, 1.54) is 38.9 Å². The topological polar surface area (TPSA) is 18.5 Å². The summed E-state index contributed by atoms with van der Waals surface area (Å²) < 4.78 is 0. The predicted molar refractivity (Wildman–Crippen MR) is 80.1 cm³/mol. The van der Waals surface area contributed by atoms with Gasteiger partial charge >= 0.3 is 0 Å². The van der Waals surface area contributed by atoms with Crippen LogP contribution in [0, 0.1) is 0 Å². The number of rotatable bonds is 8. The highest BCUT2D eigenvalue weighted by Crippen LogP contribution is 2.18. The summed E-state index contributed by atoms with van der Waals surface area (Å²) in [5.74, 6) is 0. The van der Waals surface area contributed by atoms with E-state index in [9.17, 15) is 0 Å². The molecular formula is C15H33N3. The van der Waals surface area contributed by atoms with Crippen LogP contribution >= 0.6 is 0 Å². The van der Waals surface area contributed by atoms with Gasteiger partial charge < -0.3 is 10.2 Å². The quantitative estimate of drug-likeness (QED) is 0.717. The Kier molecular flexibility index (Phi) is 7.20. The first-order valence-corrected chi connectivity index (χ1v) is 7.76. The van der Waals surface area contributed by atoms with Crippen molar-refractivity contribution in [3.8, 4) is 0 Å². The molecule has 1 rings (SSSR count). The van der Waals surface area contributed by atoms with Crippen molar-refractivity contribution >= 4 is 0 Å². The van der Waals surface area contributed by atoms with Crippen LogP contribution in [0.3, 0.4) is 0 Å². The molecule has 0 aromatic heterocycles. The molecule has 3 heteroatoms. The summed E-state index contributed by atoms with van der Waals surface area (Å²) in [6.07, 6.45) is 4.01. The third-order valence-corrected chi connectivity index (χ3v) is 4.40. The standard InChI is InChI=1S/C15H33N3/c1-6-16-13(3)11-14(4)17(5)12-15-9-8-10-18(15)7-2/h13-16H,6-12H2,1-5H3. The van der Waals surface area contributed by atoms with E-state index in [1.54, 1.807) is 0 Å². The third kappa shape index (κ3) is 4.87. The molecule has 0 amide bonds. The van der Waals surface area contributed by atoms with Crippen molar-refractivity contribution in [3.63, 3.8) is 0 Å². The average molecular weight is 255 g/mol. The Labute approximate surface area is 114 Å². The van der Waals surface area contributed by atoms with E-state index in [2.05, 4.69) is 49.9 Å². The molecule has 0 bridgehead atoms. The molecule has 1 saturated heterocycles. The summed E-state index contributed by atoms with van der Waals surface area (Å²) in [7, 11) is 2.29. The Morgan fingerprint density at radius 2 is 2.06 bits per heavy atom. The Morgan fingerprint density at radius 3 is 2.67 bits per heavy atom. The summed E-state index contributed by atoms with van der Waals surface area (Å²) >= 11 is 0. The predicted octanol–water partition coefficient (Wildman–Crippen LogP) is 2.18. The van der Waals surface area contributed by atoms with Gasteiger partial charge in [-0.2, -0.15) is 0 Å². The second-order valence-corrected chi connectivity index (χ2v) is 5.91. The van der Waals surface area contributed by atoms with Crippen LogP contribution in [0.4, 0.5) is 0 Å². The molecule has 3 unspecified atom stereocenters. The highest BCUT2D eigenvalue weighted by molar-refractivity contribution is 4.82. The summed E-state index contributed by atoms with van der Waals surface area (Å²) in [5.41, 5.74) is 0. The van der Waals surface area contributed by atoms with Gasteiger partial charge in [-0.05, 0) is 59.8 Å². The fourth-order valence-corrected chi connectivity index (χ4v) is 3.15. The maximum absolute atomic E-state index is 3.51. The summed E-state index contributed by atoms with van der Waals surface area (Å²) in [6, 6.07) is 2.08. The minimum atomic E-state index is 0.623. The second-order valence-electron chi connectivity index (χ2n) is 5.91. The molecule has 0 radical (unpaired) electrons. The van der Waals surface area contributed by atoms with Crippen LogP contribution in [0.5, 0.6) is 0 Å². The smallest absolute Gasteiger partial charge is 0.0223 e. The van der Waals surface area contributed by atoms with Gasteiger partial charge in [-0.25, -0.2) is 0 Å². The largest absolute Gasteiger partial charge is 0.314 e. The van der Waals surface area contributed by atoms with E-state index in [1.807, 2.05) is 0 Å². The van der Waals surface area contributed by atoms with Crippen molar-refractivity contribution in [2.75, 3.05) is 33.2 Å². The fraction of sp³-hybridized carbons (Fsp3) is 1.00. The van der Waals surface area contributed by atoms with Crippen LogP contribution < -0.4 is 5.32 Å². The zero-order valence-electron chi connectivity index (χ0n) is 13.1. The van der Waals surface area contributed by atoms with Gasteiger partial charge in [0.1, 0.15) is 0 Å². The van der Waals surface area contributed by atoms with Gasteiger partial charge in [0.25, 0.3) is 0 Å². The molecular weight excluding hydrogens is 222 g/mol. The molecule has 1 heterocycles. The van der Waals surface area contributed by atoms with Crippen molar-refractivity contribution in [1.29, 1.82) is 0 Å². The Hall–Kier alpha value is -0.120. The highest BCUT2D eigenvalue weighted by Gasteiger charge is 2.25. The molecule has 0 aromatic carbocycles. The zero-order chi connectivity index (χ0) is 13.5. The lowest BCUT2D eigenvalue weighted by atomic mass is 10.1. The summed E-state index contributed by atoms with van der Waals surface area (Å²) in [4.78, 5) is 5.18. The first-order valence-electron chi connectivity index (χ1n) is 7.76. The van der Waals surface area contributed by atoms with E-state index >= 15 is 0 Å². The van der Waals surface area contributed by atoms with Gasteiger partial charge in [0.05, 0.1) is 0 Å². The number of hydrogen-bond acceptors (Lipinski definition) is 3. The molecule has 0 aliphatic carbocycles. The molecule has 1 aliphatic heterocycles. The molecule has 1 aliphatic rings. The van der Waals surface area contributed by atoms with Crippen molar-refractivity contribution in [2.45, 2.75) is 65.1 Å². The Balaban J connectivity index is 2.32. The van der Waals surface area contributed by atoms with E-state index in [0.717, 1.165) is 12.6 Å². The van der Waals surface area contributed by atoms with Crippen LogP contribution in [-0.2, 0) is 0 Å². The zero-order valence-corrected chi connectivity index (χ0v) is 13.1. The molecule has 3 nitrogen and oxygen atoms in total. The molecule has 0 spiro atoms. The molecule has 18 heavy (non-hydrogen) atoms. The molecule has 3 atom stereocenters. The number of nitrogens with one attached hydrogen (secondary N) is 1. The van der Waals surface area contributed by atoms with Crippen LogP contribution in [0.1, 0.15) is 47.0 Å². The Bertz CT molecular complexity index is 220. The van der Waals surface area contributed by atoms with E-state index < -0.39 is 0 Å². The molecule has 0 saturated carbocycles. The minimum absolute atomic E-state index is 0.623. The van der Waals surface area contributed by atoms with E-state index in [4.69, 9.17) is 0 Å². The highest BCUT2D eigenvalue weighted by atomic mass is 15.2. The first-order chi connectivity index (χ1) is 8.58. The summed E-state index contributed by atoms with van der Waals surface area (Å²) in [5, 5.41) is 3.51. The molecule has 1 N–H and O–H groups in total. The van der Waals surface area contributed by atoms with Crippen molar-refractivity contribution in [2.24, 2.45) is 0 Å². The van der Waals surface area contributed by atoms with Crippen molar-refractivity contribution < 1.29 is 0 Å². The van der Waals surface area contributed by atoms with Crippen LogP contribution in [0.2, 0.25) is 0 Å². The molecule has 108 valence electrons. The normalized spacial score (nSPS) is 24.7. The van der Waals surface area contributed by atoms with Gasteiger partial charge in [0.2, 0.25) is 0 Å². The molecule has 0 aromatic rings. The van der Waals surface area contributed by atoms with Gasteiger partial charge in [0, 0.05) is 24.7 Å². The third-order valence-electron chi connectivity index (χ3n) is 4.40. The van der Waals surface area contributed by atoms with Crippen molar-refractivity contribution in [1.82, 2.24) is 15.1 Å². The lowest BCUT2D eigenvalue weighted by molar-refractivity contribution is 0.160. The lowest BCUT2D eigenvalue weighted by Gasteiger charge is -2.32. The Morgan fingerprint density at radius 1 is 1.33 bits per heavy atom. The van der Waals surface area contributed by atoms with Crippen LogP contribution in [0.15, 0.2) is 0 Å². The first kappa shape index (κ1) is 15.9. The average Bonchev–Trinajstić information content (AvgIpc) is 2.76. The van der Waals surface area contributed by atoms with Gasteiger partial charge in [-0.3, -0.25) is 4.90 Å². The summed E-state index contributed by atoms with van der Waals surface area (Å²) in [6.45, 7) is 13.9. The number of nitrogens with zero attached hydrogens (tertiary/aromatic N) is 2. The van der Waals surface area contributed by atoms with Crippen molar-refractivity contribution in [3.05, 3.63) is 0 Å². The number of likely N-dealkylation sites (tertiary alicyclic amines) is 1. The van der Waals surface area contributed by atoms with Gasteiger partial charge in [-0.1, -0.05) is 13.8 Å². The maximum Gasteiger partial charge on any atom is 0.0223 e. The van der Waals surface area contributed by atoms with Gasteiger partial charge in [0.15, 0.2) is 0 Å². The van der Waals surface area contributed by atoms with E-state index in [-0.39, 0.29) is 0 Å². The lowest BCUT2D eigenvalue weighted by Crippen LogP contribution is -2.43. The molecule has 1 fully saturated rings. The fourth-order valence-electron chi connectivity index (χ4n) is 3.15. The minimum Gasteiger partial charge on any atom is -0.314 e. The monoisotopic (exact) mass is 255 g/mol. The number of hydrogen-bond donors (Lipinski definition) is 1. The SMILES string of the molecule is CCNC(C)CC(C)N(C)CC1CCCN1CC. The van der Waals surface area contributed by atoms with Crippen LogP contribution in [-0.4, -0.2) is 61.2 Å². The maximum atomic E-state index is 3.51. The van der Waals surface area contributed by atoms with Crippen LogP contribution in [0.25, 0.3) is 0 Å².